The third kappa shape index (κ3) is 4.82. The molecule has 0 aromatic heterocycles. The van der Waals surface area contributed by atoms with Gasteiger partial charge in [0.25, 0.3) is 5.91 Å². The summed E-state index contributed by atoms with van der Waals surface area (Å²) in [4.78, 5) is 12.1. The highest BCUT2D eigenvalue weighted by Crippen LogP contribution is 2.14. The molecule has 0 unspecified atom stereocenters. The summed E-state index contributed by atoms with van der Waals surface area (Å²) >= 11 is 8.49. The molecule has 0 aliphatic carbocycles. The normalized spacial score (nSPS) is 9.91. The summed E-state index contributed by atoms with van der Waals surface area (Å²) in [5.41, 5.74) is 1.32. The first kappa shape index (κ1) is 16.5. The lowest BCUT2D eigenvalue weighted by molar-refractivity contribution is 0.0977. The van der Waals surface area contributed by atoms with Crippen molar-refractivity contribution in [3.8, 4) is 5.75 Å². The van der Waals surface area contributed by atoms with Gasteiger partial charge in [-0.25, -0.2) is 0 Å². The second-order valence-corrected chi connectivity index (χ2v) is 5.70. The second-order valence-electron chi connectivity index (χ2n) is 4.37. The zero-order valence-electron chi connectivity index (χ0n) is 11.9. The van der Waals surface area contributed by atoms with Gasteiger partial charge in [-0.15, -0.1) is 0 Å². The van der Waals surface area contributed by atoms with Crippen molar-refractivity contribution in [1.82, 2.24) is 5.32 Å². The fourth-order valence-corrected chi connectivity index (χ4v) is 2.21. The maximum atomic E-state index is 12.1. The predicted molar refractivity (Wildman–Crippen MR) is 95.4 cm³/mol. The molecule has 0 saturated heterocycles. The second kappa shape index (κ2) is 7.91. The molecular formula is C16H15BrN2O2S. The fourth-order valence-electron chi connectivity index (χ4n) is 1.74. The highest BCUT2D eigenvalue weighted by atomic mass is 79.9. The minimum Gasteiger partial charge on any atom is -0.494 e. The van der Waals surface area contributed by atoms with Crippen LogP contribution in [0.2, 0.25) is 0 Å². The molecule has 0 fully saturated rings. The molecule has 0 spiro atoms. The number of thiocarbonyl (C=S) groups is 1. The van der Waals surface area contributed by atoms with E-state index in [0.29, 0.717) is 12.2 Å². The fraction of sp³-hybridized carbons (Fsp3) is 0.125. The van der Waals surface area contributed by atoms with Gasteiger partial charge in [0.05, 0.1) is 6.61 Å². The quantitative estimate of drug-likeness (QED) is 0.790. The Morgan fingerprint density at radius 3 is 2.36 bits per heavy atom. The Labute approximate surface area is 143 Å². The van der Waals surface area contributed by atoms with E-state index < -0.39 is 0 Å². The van der Waals surface area contributed by atoms with Crippen LogP contribution in [0.4, 0.5) is 5.69 Å². The van der Waals surface area contributed by atoms with Gasteiger partial charge in [-0.05, 0) is 67.7 Å². The zero-order valence-corrected chi connectivity index (χ0v) is 14.3. The van der Waals surface area contributed by atoms with Crippen LogP contribution in [0.5, 0.6) is 5.75 Å². The molecular weight excluding hydrogens is 364 g/mol. The topological polar surface area (TPSA) is 50.4 Å². The van der Waals surface area contributed by atoms with Crippen LogP contribution < -0.4 is 15.4 Å². The first-order chi connectivity index (χ1) is 10.6. The van der Waals surface area contributed by atoms with Crippen LogP contribution in [0, 0.1) is 0 Å². The number of anilines is 1. The van der Waals surface area contributed by atoms with Crippen molar-refractivity contribution in [1.29, 1.82) is 0 Å². The van der Waals surface area contributed by atoms with Gasteiger partial charge in [0.15, 0.2) is 5.11 Å². The Kier molecular flexibility index (Phi) is 5.91. The number of benzene rings is 2. The predicted octanol–water partition coefficient (Wildman–Crippen LogP) is 3.97. The molecule has 0 radical (unpaired) electrons. The van der Waals surface area contributed by atoms with Gasteiger partial charge < -0.3 is 10.1 Å². The Balaban J connectivity index is 1.93. The maximum absolute atomic E-state index is 12.1. The molecule has 0 atom stereocenters. The average Bonchev–Trinajstić information content (AvgIpc) is 2.50. The number of carbonyl (C=O) groups is 1. The average molecular weight is 379 g/mol. The molecule has 22 heavy (non-hydrogen) atoms. The maximum Gasteiger partial charge on any atom is 0.257 e. The number of rotatable bonds is 4. The summed E-state index contributed by atoms with van der Waals surface area (Å²) in [5, 5.41) is 5.85. The van der Waals surface area contributed by atoms with Gasteiger partial charge in [0.1, 0.15) is 5.75 Å². The first-order valence-electron chi connectivity index (χ1n) is 6.69. The smallest absolute Gasteiger partial charge is 0.257 e. The Morgan fingerprint density at radius 1 is 1.14 bits per heavy atom. The van der Waals surface area contributed by atoms with Crippen molar-refractivity contribution in [2.24, 2.45) is 0 Å². The molecule has 0 heterocycles. The van der Waals surface area contributed by atoms with E-state index >= 15 is 0 Å². The number of amides is 1. The van der Waals surface area contributed by atoms with E-state index in [9.17, 15) is 4.79 Å². The number of hydrogen-bond donors (Lipinski definition) is 2. The Hall–Kier alpha value is -1.92. The van der Waals surface area contributed by atoms with E-state index in [1.165, 1.54) is 0 Å². The molecule has 0 aliphatic heterocycles. The molecule has 2 rings (SSSR count). The van der Waals surface area contributed by atoms with Crippen molar-refractivity contribution in [2.75, 3.05) is 11.9 Å². The van der Waals surface area contributed by atoms with E-state index in [0.717, 1.165) is 15.9 Å². The van der Waals surface area contributed by atoms with Crippen LogP contribution in [-0.4, -0.2) is 17.6 Å². The van der Waals surface area contributed by atoms with Crippen molar-refractivity contribution in [3.63, 3.8) is 0 Å². The summed E-state index contributed by atoms with van der Waals surface area (Å²) < 4.78 is 6.31. The molecule has 6 heteroatoms. The molecule has 2 N–H and O–H groups in total. The van der Waals surface area contributed by atoms with E-state index in [-0.39, 0.29) is 11.0 Å². The van der Waals surface area contributed by atoms with Crippen molar-refractivity contribution >= 4 is 44.9 Å². The molecule has 0 bridgehead atoms. The number of carbonyl (C=O) groups excluding carboxylic acids is 1. The summed E-state index contributed by atoms with van der Waals surface area (Å²) in [6, 6.07) is 14.4. The number of ether oxygens (including phenoxy) is 1. The third-order valence-electron chi connectivity index (χ3n) is 2.76. The van der Waals surface area contributed by atoms with Crippen LogP contribution in [0.1, 0.15) is 17.3 Å². The van der Waals surface area contributed by atoms with Gasteiger partial charge in [0.2, 0.25) is 0 Å². The van der Waals surface area contributed by atoms with Gasteiger partial charge in [-0.1, -0.05) is 15.9 Å². The standard InChI is InChI=1S/C16H15BrN2O2S/c1-2-21-14-9-3-11(4-10-14)15(20)19-16(22)18-13-7-5-12(17)6-8-13/h3-10H,2H2,1H3,(H2,18,19,20,22). The SMILES string of the molecule is CCOc1ccc(C(=O)NC(=S)Nc2ccc(Br)cc2)cc1. The Morgan fingerprint density at radius 2 is 1.77 bits per heavy atom. The van der Waals surface area contributed by atoms with Crippen LogP contribution in [0.15, 0.2) is 53.0 Å². The van der Waals surface area contributed by atoms with Crippen molar-refractivity contribution in [2.45, 2.75) is 6.92 Å². The van der Waals surface area contributed by atoms with E-state index in [1.807, 2.05) is 31.2 Å². The molecule has 0 aliphatic rings. The molecule has 1 amide bonds. The lowest BCUT2D eigenvalue weighted by Crippen LogP contribution is -2.34. The Bertz CT molecular complexity index is 657. The van der Waals surface area contributed by atoms with E-state index in [2.05, 4.69) is 26.6 Å². The summed E-state index contributed by atoms with van der Waals surface area (Å²) in [6.45, 7) is 2.50. The van der Waals surface area contributed by atoms with Crippen LogP contribution in [0.3, 0.4) is 0 Å². The molecule has 2 aromatic rings. The third-order valence-corrected chi connectivity index (χ3v) is 3.49. The minimum atomic E-state index is -0.266. The first-order valence-corrected chi connectivity index (χ1v) is 7.89. The zero-order chi connectivity index (χ0) is 15.9. The van der Waals surface area contributed by atoms with Gasteiger partial charge in [-0.2, -0.15) is 0 Å². The molecule has 0 saturated carbocycles. The molecule has 114 valence electrons. The number of nitrogens with one attached hydrogen (secondary N) is 2. The van der Waals surface area contributed by atoms with E-state index in [1.54, 1.807) is 24.3 Å². The highest BCUT2D eigenvalue weighted by molar-refractivity contribution is 9.10. The summed E-state index contributed by atoms with van der Waals surface area (Å²) in [6.07, 6.45) is 0. The lowest BCUT2D eigenvalue weighted by atomic mass is 10.2. The van der Waals surface area contributed by atoms with Crippen LogP contribution in [-0.2, 0) is 0 Å². The number of hydrogen-bond acceptors (Lipinski definition) is 3. The van der Waals surface area contributed by atoms with Crippen molar-refractivity contribution < 1.29 is 9.53 Å². The van der Waals surface area contributed by atoms with E-state index in [4.69, 9.17) is 17.0 Å². The van der Waals surface area contributed by atoms with Gasteiger partial charge in [0, 0.05) is 15.7 Å². The summed E-state index contributed by atoms with van der Waals surface area (Å²) in [5.74, 6) is 0.465. The number of halogens is 1. The van der Waals surface area contributed by atoms with Crippen LogP contribution >= 0.6 is 28.1 Å². The lowest BCUT2D eigenvalue weighted by Gasteiger charge is -2.10. The summed E-state index contributed by atoms with van der Waals surface area (Å²) in [7, 11) is 0. The van der Waals surface area contributed by atoms with Crippen LogP contribution in [0.25, 0.3) is 0 Å². The molecule has 4 nitrogen and oxygen atoms in total. The highest BCUT2D eigenvalue weighted by Gasteiger charge is 2.08. The van der Waals surface area contributed by atoms with Gasteiger partial charge >= 0.3 is 0 Å². The monoisotopic (exact) mass is 378 g/mol. The van der Waals surface area contributed by atoms with Gasteiger partial charge in [-0.3, -0.25) is 10.1 Å². The van der Waals surface area contributed by atoms with Crippen molar-refractivity contribution in [3.05, 3.63) is 58.6 Å². The minimum absolute atomic E-state index is 0.251. The molecule has 2 aromatic carbocycles. The largest absolute Gasteiger partial charge is 0.494 e.